The first-order chi connectivity index (χ1) is 8.61. The minimum absolute atomic E-state index is 0.0910. The highest BCUT2D eigenvalue weighted by Crippen LogP contribution is 2.20. The fraction of sp³-hybridized carbons (Fsp3) is 0.385. The van der Waals surface area contributed by atoms with Crippen molar-refractivity contribution in [1.82, 2.24) is 5.32 Å². The minimum Gasteiger partial charge on any atom is -0.334 e. The zero-order valence-electron chi connectivity index (χ0n) is 10.1. The predicted molar refractivity (Wildman–Crippen MR) is 65.7 cm³/mol. The summed E-state index contributed by atoms with van der Waals surface area (Å²) in [5.74, 6) is -0.642. The summed E-state index contributed by atoms with van der Waals surface area (Å²) in [6, 6.07) is 4.78. The van der Waals surface area contributed by atoms with Gasteiger partial charge in [-0.1, -0.05) is 13.3 Å². The van der Waals surface area contributed by atoms with Crippen LogP contribution in [0.1, 0.15) is 26.2 Å². The van der Waals surface area contributed by atoms with E-state index in [2.05, 4.69) is 5.32 Å². The SMILES string of the molecule is CCCC1CC(=O)N(c2ccc(F)cc2)C(=O)N1. The van der Waals surface area contributed by atoms with Crippen molar-refractivity contribution < 1.29 is 14.0 Å². The van der Waals surface area contributed by atoms with Gasteiger partial charge in [-0.2, -0.15) is 0 Å². The molecule has 1 aliphatic rings. The van der Waals surface area contributed by atoms with E-state index in [4.69, 9.17) is 0 Å². The number of imide groups is 1. The summed E-state index contributed by atoms with van der Waals surface area (Å²) in [7, 11) is 0. The van der Waals surface area contributed by atoms with E-state index in [0.29, 0.717) is 5.69 Å². The summed E-state index contributed by atoms with van der Waals surface area (Å²) >= 11 is 0. The molecule has 1 saturated heterocycles. The average Bonchev–Trinajstić information content (AvgIpc) is 2.31. The number of hydrogen-bond donors (Lipinski definition) is 1. The molecular formula is C13H15FN2O2. The van der Waals surface area contributed by atoms with E-state index in [1.54, 1.807) is 0 Å². The molecular weight excluding hydrogens is 235 g/mol. The lowest BCUT2D eigenvalue weighted by Gasteiger charge is -2.31. The molecule has 18 heavy (non-hydrogen) atoms. The van der Waals surface area contributed by atoms with Crippen LogP contribution in [0.2, 0.25) is 0 Å². The van der Waals surface area contributed by atoms with Crippen LogP contribution in [0.3, 0.4) is 0 Å². The van der Waals surface area contributed by atoms with Gasteiger partial charge >= 0.3 is 6.03 Å². The second-order valence-electron chi connectivity index (χ2n) is 4.34. The molecule has 0 aromatic heterocycles. The number of nitrogens with one attached hydrogen (secondary N) is 1. The van der Waals surface area contributed by atoms with Gasteiger partial charge in [0.25, 0.3) is 0 Å². The number of amides is 3. The number of urea groups is 1. The van der Waals surface area contributed by atoms with E-state index in [9.17, 15) is 14.0 Å². The maximum absolute atomic E-state index is 12.8. The second-order valence-corrected chi connectivity index (χ2v) is 4.34. The van der Waals surface area contributed by atoms with Gasteiger partial charge in [-0.25, -0.2) is 14.1 Å². The summed E-state index contributed by atoms with van der Waals surface area (Å²) in [5, 5.41) is 2.78. The van der Waals surface area contributed by atoms with Crippen molar-refractivity contribution in [3.63, 3.8) is 0 Å². The molecule has 96 valence electrons. The summed E-state index contributed by atoms with van der Waals surface area (Å²) in [5.41, 5.74) is 0.397. The van der Waals surface area contributed by atoms with Gasteiger partial charge in [0.15, 0.2) is 0 Å². The molecule has 0 bridgehead atoms. The standard InChI is InChI=1S/C13H15FN2O2/c1-2-3-10-8-12(17)16(13(18)15-10)11-6-4-9(14)5-7-11/h4-7,10H,2-3,8H2,1H3,(H,15,18). The highest BCUT2D eigenvalue weighted by atomic mass is 19.1. The van der Waals surface area contributed by atoms with Crippen molar-refractivity contribution >= 4 is 17.6 Å². The van der Waals surface area contributed by atoms with E-state index in [1.807, 2.05) is 6.92 Å². The van der Waals surface area contributed by atoms with Crippen LogP contribution < -0.4 is 10.2 Å². The minimum atomic E-state index is -0.434. The van der Waals surface area contributed by atoms with Crippen LogP contribution in [0, 0.1) is 5.82 Å². The summed E-state index contributed by atoms with van der Waals surface area (Å²) in [4.78, 5) is 24.9. The van der Waals surface area contributed by atoms with Gasteiger partial charge in [0.1, 0.15) is 5.82 Å². The van der Waals surface area contributed by atoms with Crippen molar-refractivity contribution in [1.29, 1.82) is 0 Å². The highest BCUT2D eigenvalue weighted by Gasteiger charge is 2.32. The first-order valence-corrected chi connectivity index (χ1v) is 6.01. The maximum Gasteiger partial charge on any atom is 0.328 e. The number of carbonyl (C=O) groups excluding carboxylic acids is 2. The van der Waals surface area contributed by atoms with Crippen molar-refractivity contribution in [3.8, 4) is 0 Å². The highest BCUT2D eigenvalue weighted by molar-refractivity contribution is 6.16. The molecule has 1 fully saturated rings. The summed E-state index contributed by atoms with van der Waals surface area (Å²) in [6.07, 6.45) is 1.99. The van der Waals surface area contributed by atoms with Crippen LogP contribution in [-0.2, 0) is 4.79 Å². The van der Waals surface area contributed by atoms with Crippen LogP contribution in [0.4, 0.5) is 14.9 Å². The predicted octanol–water partition coefficient (Wildman–Crippen LogP) is 2.44. The Morgan fingerprint density at radius 1 is 1.33 bits per heavy atom. The van der Waals surface area contributed by atoms with Crippen molar-refractivity contribution in [3.05, 3.63) is 30.1 Å². The number of benzene rings is 1. The van der Waals surface area contributed by atoms with Gasteiger partial charge in [0, 0.05) is 12.5 Å². The second kappa shape index (κ2) is 5.16. The lowest BCUT2D eigenvalue weighted by molar-refractivity contribution is -0.119. The molecule has 0 spiro atoms. The van der Waals surface area contributed by atoms with Crippen LogP contribution >= 0.6 is 0 Å². The molecule has 1 heterocycles. The number of rotatable bonds is 3. The van der Waals surface area contributed by atoms with E-state index < -0.39 is 11.8 Å². The molecule has 0 saturated carbocycles. The Morgan fingerprint density at radius 2 is 2.00 bits per heavy atom. The number of halogens is 1. The smallest absolute Gasteiger partial charge is 0.328 e. The topological polar surface area (TPSA) is 49.4 Å². The first kappa shape index (κ1) is 12.5. The molecule has 1 aromatic rings. The number of carbonyl (C=O) groups is 2. The van der Waals surface area contributed by atoms with Crippen molar-refractivity contribution in [2.45, 2.75) is 32.2 Å². The summed E-state index contributed by atoms with van der Waals surface area (Å²) < 4.78 is 12.8. The van der Waals surface area contributed by atoms with E-state index in [-0.39, 0.29) is 18.4 Å². The Hall–Kier alpha value is -1.91. The lowest BCUT2D eigenvalue weighted by atomic mass is 10.1. The van der Waals surface area contributed by atoms with Gasteiger partial charge in [0.05, 0.1) is 5.69 Å². The van der Waals surface area contributed by atoms with Gasteiger partial charge in [0.2, 0.25) is 5.91 Å². The molecule has 1 aromatic carbocycles. The molecule has 2 rings (SSSR count). The fourth-order valence-electron chi connectivity index (χ4n) is 2.08. The van der Waals surface area contributed by atoms with Crippen LogP contribution in [0.15, 0.2) is 24.3 Å². The molecule has 0 radical (unpaired) electrons. The molecule has 1 atom stereocenters. The normalized spacial score (nSPS) is 19.9. The third-order valence-corrected chi connectivity index (χ3v) is 2.92. The van der Waals surface area contributed by atoms with Gasteiger partial charge < -0.3 is 5.32 Å². The molecule has 0 aliphatic carbocycles. The third kappa shape index (κ3) is 2.50. The van der Waals surface area contributed by atoms with Crippen molar-refractivity contribution in [2.75, 3.05) is 4.90 Å². The lowest BCUT2D eigenvalue weighted by Crippen LogP contribution is -2.54. The van der Waals surface area contributed by atoms with E-state index in [0.717, 1.165) is 17.7 Å². The Labute approximate surface area is 105 Å². The van der Waals surface area contributed by atoms with E-state index >= 15 is 0 Å². The van der Waals surface area contributed by atoms with E-state index in [1.165, 1.54) is 24.3 Å². The van der Waals surface area contributed by atoms with Gasteiger partial charge in [-0.3, -0.25) is 4.79 Å². The Morgan fingerprint density at radius 3 is 2.56 bits per heavy atom. The summed E-state index contributed by atoms with van der Waals surface area (Å²) in [6.45, 7) is 2.00. The number of nitrogens with zero attached hydrogens (tertiary/aromatic N) is 1. The quantitative estimate of drug-likeness (QED) is 0.895. The zero-order valence-corrected chi connectivity index (χ0v) is 10.1. The third-order valence-electron chi connectivity index (χ3n) is 2.92. The average molecular weight is 250 g/mol. The molecule has 1 unspecified atom stereocenters. The van der Waals surface area contributed by atoms with Crippen molar-refractivity contribution in [2.24, 2.45) is 0 Å². The zero-order chi connectivity index (χ0) is 13.1. The van der Waals surface area contributed by atoms with Crippen LogP contribution in [-0.4, -0.2) is 18.0 Å². The molecule has 5 heteroatoms. The fourth-order valence-corrected chi connectivity index (χ4v) is 2.08. The molecule has 4 nitrogen and oxygen atoms in total. The Balaban J connectivity index is 2.17. The Kier molecular flexibility index (Phi) is 3.60. The monoisotopic (exact) mass is 250 g/mol. The maximum atomic E-state index is 12.8. The molecule has 3 amide bonds. The molecule has 1 N–H and O–H groups in total. The first-order valence-electron chi connectivity index (χ1n) is 6.01. The largest absolute Gasteiger partial charge is 0.334 e. The number of hydrogen-bond acceptors (Lipinski definition) is 2. The number of anilines is 1. The van der Waals surface area contributed by atoms with Crippen LogP contribution in [0.5, 0.6) is 0 Å². The Bertz CT molecular complexity index is 441. The van der Waals surface area contributed by atoms with Gasteiger partial charge in [-0.05, 0) is 30.7 Å². The molecule has 1 aliphatic heterocycles. The van der Waals surface area contributed by atoms with Gasteiger partial charge in [-0.15, -0.1) is 0 Å². The van der Waals surface area contributed by atoms with Crippen LogP contribution in [0.25, 0.3) is 0 Å².